The fraction of sp³-hybridized carbons (Fsp3) is 0.571. The molecule has 2 aliphatic rings. The first-order valence-electron chi connectivity index (χ1n) is 6.30. The van der Waals surface area contributed by atoms with Gasteiger partial charge in [-0.3, -0.25) is 0 Å². The van der Waals surface area contributed by atoms with Crippen molar-refractivity contribution in [2.45, 2.75) is 25.4 Å². The highest BCUT2D eigenvalue weighted by molar-refractivity contribution is 6.18. The van der Waals surface area contributed by atoms with Gasteiger partial charge in [0.05, 0.1) is 6.61 Å². The Bertz CT molecular complexity index is 443. The summed E-state index contributed by atoms with van der Waals surface area (Å²) in [5.74, 6) is 1.21. The van der Waals surface area contributed by atoms with Crippen molar-refractivity contribution >= 4 is 11.6 Å². The van der Waals surface area contributed by atoms with Crippen LogP contribution in [0.3, 0.4) is 0 Å². The van der Waals surface area contributed by atoms with E-state index in [0.717, 1.165) is 37.2 Å². The normalized spacial score (nSPS) is 30.2. The van der Waals surface area contributed by atoms with Crippen molar-refractivity contribution in [3.05, 3.63) is 29.6 Å². The van der Waals surface area contributed by atoms with E-state index >= 15 is 0 Å². The fourth-order valence-corrected chi connectivity index (χ4v) is 3.18. The molecular weight excluding hydrogens is 255 g/mol. The summed E-state index contributed by atoms with van der Waals surface area (Å²) >= 11 is 6.08. The minimum absolute atomic E-state index is 0.0345. The van der Waals surface area contributed by atoms with Crippen molar-refractivity contribution in [1.29, 1.82) is 0 Å². The second-order valence-corrected chi connectivity index (χ2v) is 5.60. The standard InChI is InChI=1S/C14H16ClFO2/c15-8-14(3-4-17-9-14)7-12-6-10-5-11(16)1-2-13(10)18-12/h1-2,5,12H,3-4,6-9H2. The van der Waals surface area contributed by atoms with Crippen LogP contribution < -0.4 is 4.74 Å². The van der Waals surface area contributed by atoms with Crippen molar-refractivity contribution < 1.29 is 13.9 Å². The van der Waals surface area contributed by atoms with Gasteiger partial charge in [0.1, 0.15) is 17.7 Å². The first kappa shape index (κ1) is 12.2. The highest BCUT2D eigenvalue weighted by Gasteiger charge is 2.39. The average Bonchev–Trinajstić information content (AvgIpc) is 2.96. The molecule has 1 aromatic rings. The summed E-state index contributed by atoms with van der Waals surface area (Å²) < 4.78 is 24.5. The Labute approximate surface area is 111 Å². The minimum Gasteiger partial charge on any atom is -0.490 e. The van der Waals surface area contributed by atoms with E-state index in [0.29, 0.717) is 12.5 Å². The monoisotopic (exact) mass is 270 g/mol. The number of benzene rings is 1. The minimum atomic E-state index is -0.200. The maximum absolute atomic E-state index is 13.1. The first-order chi connectivity index (χ1) is 8.71. The Morgan fingerprint density at radius 3 is 3.06 bits per heavy atom. The number of rotatable bonds is 3. The summed E-state index contributed by atoms with van der Waals surface area (Å²) in [7, 11) is 0. The van der Waals surface area contributed by atoms with Crippen molar-refractivity contribution in [3.8, 4) is 5.75 Å². The van der Waals surface area contributed by atoms with Crippen LogP contribution in [0.4, 0.5) is 4.39 Å². The van der Waals surface area contributed by atoms with Crippen LogP contribution in [0.5, 0.6) is 5.75 Å². The van der Waals surface area contributed by atoms with E-state index in [1.54, 1.807) is 12.1 Å². The molecule has 2 nitrogen and oxygen atoms in total. The van der Waals surface area contributed by atoms with Crippen LogP contribution in [-0.2, 0) is 11.2 Å². The topological polar surface area (TPSA) is 18.5 Å². The second-order valence-electron chi connectivity index (χ2n) is 5.34. The molecule has 18 heavy (non-hydrogen) atoms. The Morgan fingerprint density at radius 2 is 2.33 bits per heavy atom. The number of hydrogen-bond donors (Lipinski definition) is 0. The molecule has 1 saturated heterocycles. The Morgan fingerprint density at radius 1 is 1.44 bits per heavy atom. The van der Waals surface area contributed by atoms with Crippen LogP contribution in [0.25, 0.3) is 0 Å². The molecule has 98 valence electrons. The van der Waals surface area contributed by atoms with E-state index in [2.05, 4.69) is 0 Å². The molecule has 0 aromatic heterocycles. The third-order valence-electron chi connectivity index (χ3n) is 3.89. The van der Waals surface area contributed by atoms with Gasteiger partial charge in [-0.05, 0) is 31.0 Å². The molecular formula is C14H16ClFO2. The Kier molecular flexibility index (Phi) is 3.20. The molecule has 2 aliphatic heterocycles. The molecule has 4 heteroatoms. The zero-order valence-corrected chi connectivity index (χ0v) is 10.9. The van der Waals surface area contributed by atoms with Crippen LogP contribution >= 0.6 is 11.6 Å². The van der Waals surface area contributed by atoms with Crippen LogP contribution in [0.2, 0.25) is 0 Å². The molecule has 0 spiro atoms. The highest BCUT2D eigenvalue weighted by Crippen LogP contribution is 2.39. The van der Waals surface area contributed by atoms with Crippen molar-refractivity contribution in [2.75, 3.05) is 19.1 Å². The van der Waals surface area contributed by atoms with E-state index in [1.165, 1.54) is 6.07 Å². The smallest absolute Gasteiger partial charge is 0.123 e. The third kappa shape index (κ3) is 2.21. The molecule has 0 bridgehead atoms. The van der Waals surface area contributed by atoms with Crippen molar-refractivity contribution in [3.63, 3.8) is 0 Å². The number of fused-ring (bicyclic) bond motifs is 1. The molecule has 0 amide bonds. The molecule has 0 N–H and O–H groups in total. The van der Waals surface area contributed by atoms with Crippen LogP contribution in [-0.4, -0.2) is 25.2 Å². The van der Waals surface area contributed by atoms with Crippen molar-refractivity contribution in [1.82, 2.24) is 0 Å². The van der Waals surface area contributed by atoms with E-state index in [9.17, 15) is 4.39 Å². The average molecular weight is 271 g/mol. The second kappa shape index (κ2) is 4.71. The first-order valence-corrected chi connectivity index (χ1v) is 6.83. The van der Waals surface area contributed by atoms with Gasteiger partial charge in [0.25, 0.3) is 0 Å². The van der Waals surface area contributed by atoms with Gasteiger partial charge in [-0.1, -0.05) is 0 Å². The van der Waals surface area contributed by atoms with Gasteiger partial charge in [0, 0.05) is 29.9 Å². The largest absolute Gasteiger partial charge is 0.490 e. The molecule has 2 atom stereocenters. The predicted octanol–water partition coefficient (Wildman–Crippen LogP) is 3.16. The van der Waals surface area contributed by atoms with Gasteiger partial charge in [-0.25, -0.2) is 4.39 Å². The summed E-state index contributed by atoms with van der Waals surface area (Å²) in [4.78, 5) is 0. The molecule has 1 aromatic carbocycles. The summed E-state index contributed by atoms with van der Waals surface area (Å²) in [6, 6.07) is 4.72. The van der Waals surface area contributed by atoms with Gasteiger partial charge < -0.3 is 9.47 Å². The molecule has 0 saturated carbocycles. The van der Waals surface area contributed by atoms with E-state index in [-0.39, 0.29) is 17.3 Å². The zero-order valence-electron chi connectivity index (χ0n) is 10.1. The third-order valence-corrected chi connectivity index (χ3v) is 4.46. The van der Waals surface area contributed by atoms with E-state index < -0.39 is 0 Å². The lowest BCUT2D eigenvalue weighted by molar-refractivity contribution is 0.116. The fourth-order valence-electron chi connectivity index (χ4n) is 2.86. The molecule has 2 unspecified atom stereocenters. The Hall–Kier alpha value is -0.800. The summed E-state index contributed by atoms with van der Waals surface area (Å²) in [6.45, 7) is 1.49. The number of ether oxygens (including phenoxy) is 2. The lowest BCUT2D eigenvalue weighted by Crippen LogP contribution is -2.31. The highest BCUT2D eigenvalue weighted by atomic mass is 35.5. The van der Waals surface area contributed by atoms with Gasteiger partial charge in [0.15, 0.2) is 0 Å². The van der Waals surface area contributed by atoms with Gasteiger partial charge in [0.2, 0.25) is 0 Å². The SMILES string of the molecule is Fc1ccc2c(c1)CC(CC1(CCl)CCOC1)O2. The molecule has 3 rings (SSSR count). The van der Waals surface area contributed by atoms with Crippen LogP contribution in [0, 0.1) is 11.2 Å². The molecule has 0 radical (unpaired) electrons. The molecule has 2 heterocycles. The zero-order chi connectivity index (χ0) is 12.6. The van der Waals surface area contributed by atoms with Crippen LogP contribution in [0.15, 0.2) is 18.2 Å². The lowest BCUT2D eigenvalue weighted by atomic mass is 9.83. The number of hydrogen-bond acceptors (Lipinski definition) is 2. The molecule has 1 fully saturated rings. The summed E-state index contributed by atoms with van der Waals surface area (Å²) in [5.41, 5.74) is 0.996. The summed E-state index contributed by atoms with van der Waals surface area (Å²) in [6.07, 6.45) is 2.74. The van der Waals surface area contributed by atoms with Crippen molar-refractivity contribution in [2.24, 2.45) is 5.41 Å². The summed E-state index contributed by atoms with van der Waals surface area (Å²) in [5, 5.41) is 0. The van der Waals surface area contributed by atoms with Gasteiger partial charge in [-0.2, -0.15) is 0 Å². The van der Waals surface area contributed by atoms with Gasteiger partial charge >= 0.3 is 0 Å². The molecule has 0 aliphatic carbocycles. The van der Waals surface area contributed by atoms with Crippen LogP contribution in [0.1, 0.15) is 18.4 Å². The maximum atomic E-state index is 13.1. The van der Waals surface area contributed by atoms with Gasteiger partial charge in [-0.15, -0.1) is 11.6 Å². The Balaban J connectivity index is 1.70. The van der Waals surface area contributed by atoms with E-state index in [1.807, 2.05) is 0 Å². The lowest BCUT2D eigenvalue weighted by Gasteiger charge is -2.27. The predicted molar refractivity (Wildman–Crippen MR) is 67.7 cm³/mol. The quantitative estimate of drug-likeness (QED) is 0.786. The van der Waals surface area contributed by atoms with E-state index in [4.69, 9.17) is 21.1 Å². The number of alkyl halides is 1. The maximum Gasteiger partial charge on any atom is 0.123 e. The number of halogens is 2.